The highest BCUT2D eigenvalue weighted by Gasteiger charge is 2.26. The van der Waals surface area contributed by atoms with Gasteiger partial charge in [0.05, 0.1) is 12.0 Å². The van der Waals surface area contributed by atoms with Gasteiger partial charge in [-0.05, 0) is 55.9 Å². The summed E-state index contributed by atoms with van der Waals surface area (Å²) in [6.07, 6.45) is 3.96. The Morgan fingerprint density at radius 2 is 2.14 bits per heavy atom. The van der Waals surface area contributed by atoms with Crippen molar-refractivity contribution in [3.8, 4) is 5.75 Å². The molecular weight excluding hydrogens is 354 g/mol. The predicted molar refractivity (Wildman–Crippen MR) is 110 cm³/mol. The number of benzene rings is 2. The van der Waals surface area contributed by atoms with Crippen LogP contribution >= 0.6 is 0 Å². The highest BCUT2D eigenvalue weighted by Crippen LogP contribution is 2.36. The minimum atomic E-state index is -0.327. The number of nitrogens with zero attached hydrogens (tertiary/aromatic N) is 1. The van der Waals surface area contributed by atoms with Crippen molar-refractivity contribution in [2.75, 3.05) is 7.11 Å². The molecule has 1 aromatic heterocycles. The second kappa shape index (κ2) is 7.64. The van der Waals surface area contributed by atoms with Gasteiger partial charge in [0.15, 0.2) is 0 Å². The maximum Gasteiger partial charge on any atom is 0.270 e. The van der Waals surface area contributed by atoms with E-state index in [-0.39, 0.29) is 22.7 Å². The van der Waals surface area contributed by atoms with Crippen LogP contribution in [0.2, 0.25) is 0 Å². The fourth-order valence-corrected chi connectivity index (χ4v) is 4.33. The number of aromatic nitrogens is 1. The molecule has 0 spiro atoms. The molecule has 0 bridgehead atoms. The number of nitro benzene ring substituents is 1. The van der Waals surface area contributed by atoms with Crippen LogP contribution in [-0.4, -0.2) is 23.1 Å². The summed E-state index contributed by atoms with van der Waals surface area (Å²) < 4.78 is 5.47. The van der Waals surface area contributed by atoms with Gasteiger partial charge in [-0.2, -0.15) is 0 Å². The molecule has 1 aliphatic rings. The SMILES string of the molecule is COc1ccccc1CC(C)NC1CCCc2c1[nH]c1ccc([N+](=O)[O-])cc21. The van der Waals surface area contributed by atoms with Crippen LogP contribution in [0.5, 0.6) is 5.75 Å². The second-order valence-corrected chi connectivity index (χ2v) is 7.53. The summed E-state index contributed by atoms with van der Waals surface area (Å²) in [5.74, 6) is 0.915. The Balaban J connectivity index is 1.57. The molecule has 6 nitrogen and oxygen atoms in total. The van der Waals surface area contributed by atoms with E-state index in [2.05, 4.69) is 23.3 Å². The maximum absolute atomic E-state index is 11.1. The van der Waals surface area contributed by atoms with E-state index in [1.807, 2.05) is 24.3 Å². The van der Waals surface area contributed by atoms with Gasteiger partial charge in [-0.3, -0.25) is 10.1 Å². The van der Waals surface area contributed by atoms with Crippen molar-refractivity contribution in [3.63, 3.8) is 0 Å². The molecule has 2 aromatic carbocycles. The first kappa shape index (κ1) is 18.5. The summed E-state index contributed by atoms with van der Waals surface area (Å²) in [6.45, 7) is 2.19. The molecule has 1 heterocycles. The average molecular weight is 379 g/mol. The van der Waals surface area contributed by atoms with Crippen LogP contribution in [0, 0.1) is 10.1 Å². The Bertz CT molecular complexity index is 1010. The van der Waals surface area contributed by atoms with E-state index in [9.17, 15) is 10.1 Å². The number of nitro groups is 1. The van der Waals surface area contributed by atoms with Crippen LogP contribution < -0.4 is 10.1 Å². The molecule has 3 aromatic rings. The monoisotopic (exact) mass is 379 g/mol. The number of hydrogen-bond donors (Lipinski definition) is 2. The molecule has 6 heteroatoms. The zero-order valence-corrected chi connectivity index (χ0v) is 16.2. The second-order valence-electron chi connectivity index (χ2n) is 7.53. The number of rotatable bonds is 6. The minimum Gasteiger partial charge on any atom is -0.496 e. The van der Waals surface area contributed by atoms with Gasteiger partial charge in [0, 0.05) is 40.8 Å². The number of hydrogen-bond acceptors (Lipinski definition) is 4. The lowest BCUT2D eigenvalue weighted by atomic mass is 9.91. The Kier molecular flexibility index (Phi) is 5.05. The number of ether oxygens (including phenoxy) is 1. The van der Waals surface area contributed by atoms with Crippen molar-refractivity contribution in [2.24, 2.45) is 0 Å². The van der Waals surface area contributed by atoms with Crippen LogP contribution in [0.3, 0.4) is 0 Å². The third-order valence-corrected chi connectivity index (χ3v) is 5.61. The highest BCUT2D eigenvalue weighted by atomic mass is 16.6. The highest BCUT2D eigenvalue weighted by molar-refractivity contribution is 5.87. The number of fused-ring (bicyclic) bond motifs is 3. The summed E-state index contributed by atoms with van der Waals surface area (Å²) in [4.78, 5) is 14.3. The Morgan fingerprint density at radius 1 is 1.32 bits per heavy atom. The van der Waals surface area contributed by atoms with E-state index in [0.717, 1.165) is 42.3 Å². The van der Waals surface area contributed by atoms with Gasteiger partial charge >= 0.3 is 0 Å². The van der Waals surface area contributed by atoms with E-state index in [1.54, 1.807) is 19.2 Å². The number of nitrogens with one attached hydrogen (secondary N) is 2. The van der Waals surface area contributed by atoms with Gasteiger partial charge in [0.25, 0.3) is 5.69 Å². The third-order valence-electron chi connectivity index (χ3n) is 5.61. The van der Waals surface area contributed by atoms with Crippen LogP contribution in [-0.2, 0) is 12.8 Å². The number of aromatic amines is 1. The average Bonchev–Trinajstić information content (AvgIpc) is 3.07. The summed E-state index contributed by atoms with van der Waals surface area (Å²) in [7, 11) is 1.70. The van der Waals surface area contributed by atoms with Crippen molar-refractivity contribution in [2.45, 2.75) is 44.7 Å². The van der Waals surface area contributed by atoms with Crippen molar-refractivity contribution in [1.29, 1.82) is 0 Å². The number of non-ortho nitro benzene ring substituents is 1. The molecule has 146 valence electrons. The third kappa shape index (κ3) is 3.47. The zero-order chi connectivity index (χ0) is 19.7. The Morgan fingerprint density at radius 3 is 2.93 bits per heavy atom. The molecule has 0 fully saturated rings. The largest absolute Gasteiger partial charge is 0.496 e. The number of H-pyrrole nitrogens is 1. The van der Waals surface area contributed by atoms with Crippen LogP contribution in [0.15, 0.2) is 42.5 Å². The molecule has 0 saturated heterocycles. The molecule has 0 radical (unpaired) electrons. The first-order chi connectivity index (χ1) is 13.6. The summed E-state index contributed by atoms with van der Waals surface area (Å²) >= 11 is 0. The summed E-state index contributed by atoms with van der Waals surface area (Å²) in [6, 6.07) is 13.7. The van der Waals surface area contributed by atoms with Gasteiger partial charge in [-0.1, -0.05) is 18.2 Å². The molecular formula is C22H25N3O3. The van der Waals surface area contributed by atoms with Crippen LogP contribution in [0.1, 0.15) is 42.6 Å². The van der Waals surface area contributed by atoms with E-state index in [4.69, 9.17) is 4.74 Å². The van der Waals surface area contributed by atoms with Gasteiger partial charge in [-0.15, -0.1) is 0 Å². The Labute approximate surface area is 164 Å². The standard InChI is InChI=1S/C22H25N3O3/c1-14(12-15-6-3-4-9-21(15)28-2)23-20-8-5-7-17-18-13-16(25(26)27)10-11-19(18)24-22(17)20/h3-4,6,9-11,13-14,20,23-24H,5,7-8,12H2,1-2H3. The lowest BCUT2D eigenvalue weighted by molar-refractivity contribution is -0.384. The zero-order valence-electron chi connectivity index (χ0n) is 16.2. The van der Waals surface area contributed by atoms with Crippen LogP contribution in [0.4, 0.5) is 5.69 Å². The van der Waals surface area contributed by atoms with E-state index >= 15 is 0 Å². The number of methoxy groups -OCH3 is 1. The molecule has 1 aliphatic carbocycles. The Hall–Kier alpha value is -2.86. The molecule has 2 N–H and O–H groups in total. The van der Waals surface area contributed by atoms with Crippen molar-refractivity contribution >= 4 is 16.6 Å². The maximum atomic E-state index is 11.1. The van der Waals surface area contributed by atoms with Crippen molar-refractivity contribution in [3.05, 3.63) is 69.4 Å². The number of para-hydroxylation sites is 1. The smallest absolute Gasteiger partial charge is 0.270 e. The normalized spacial score (nSPS) is 17.3. The molecule has 0 aliphatic heterocycles. The first-order valence-corrected chi connectivity index (χ1v) is 9.73. The number of aryl methyl sites for hydroxylation is 1. The van der Waals surface area contributed by atoms with Gasteiger partial charge < -0.3 is 15.0 Å². The first-order valence-electron chi connectivity index (χ1n) is 9.73. The summed E-state index contributed by atoms with van der Waals surface area (Å²) in [5, 5.41) is 15.9. The molecule has 4 rings (SSSR count). The van der Waals surface area contributed by atoms with E-state index < -0.39 is 0 Å². The molecule has 0 amide bonds. The molecule has 2 unspecified atom stereocenters. The molecule has 0 saturated carbocycles. The molecule has 2 atom stereocenters. The molecule has 28 heavy (non-hydrogen) atoms. The fourth-order valence-electron chi connectivity index (χ4n) is 4.33. The van der Waals surface area contributed by atoms with E-state index in [0.29, 0.717) is 0 Å². The van der Waals surface area contributed by atoms with E-state index in [1.165, 1.54) is 16.8 Å². The fraction of sp³-hybridized carbons (Fsp3) is 0.364. The van der Waals surface area contributed by atoms with Gasteiger partial charge in [-0.25, -0.2) is 0 Å². The van der Waals surface area contributed by atoms with Gasteiger partial charge in [0.1, 0.15) is 5.75 Å². The summed E-state index contributed by atoms with van der Waals surface area (Å²) in [5.41, 5.74) is 4.70. The van der Waals surface area contributed by atoms with Gasteiger partial charge in [0.2, 0.25) is 0 Å². The van der Waals surface area contributed by atoms with Crippen molar-refractivity contribution in [1.82, 2.24) is 10.3 Å². The predicted octanol–water partition coefficient (Wildman–Crippen LogP) is 4.68. The quantitative estimate of drug-likeness (QED) is 0.481. The minimum absolute atomic E-state index is 0.147. The topological polar surface area (TPSA) is 80.2 Å². The van der Waals surface area contributed by atoms with Crippen LogP contribution in [0.25, 0.3) is 10.9 Å². The lowest BCUT2D eigenvalue weighted by Crippen LogP contribution is -2.34. The lowest BCUT2D eigenvalue weighted by Gasteiger charge is -2.27. The van der Waals surface area contributed by atoms with Crippen molar-refractivity contribution < 1.29 is 9.66 Å².